The van der Waals surface area contributed by atoms with E-state index in [2.05, 4.69) is 10.1 Å². The number of halogens is 1. The number of esters is 2. The summed E-state index contributed by atoms with van der Waals surface area (Å²) in [6.45, 7) is 2.06. The van der Waals surface area contributed by atoms with Crippen LogP contribution in [0.15, 0.2) is 59.3 Å². The summed E-state index contributed by atoms with van der Waals surface area (Å²) in [6, 6.07) is 12.2. The number of benzene rings is 2. The molecule has 2 aromatic rings. The van der Waals surface area contributed by atoms with Crippen LogP contribution in [0.5, 0.6) is 0 Å². The van der Waals surface area contributed by atoms with E-state index in [1.165, 1.54) is 31.4 Å². The molecule has 0 bridgehead atoms. The molecule has 0 fully saturated rings. The second-order valence-electron chi connectivity index (χ2n) is 6.48. The van der Waals surface area contributed by atoms with Gasteiger partial charge in [0.2, 0.25) is 0 Å². The molecule has 0 atom stereocenters. The summed E-state index contributed by atoms with van der Waals surface area (Å²) in [5.74, 6) is -2.64. The highest BCUT2D eigenvalue weighted by Gasteiger charge is 2.40. The minimum Gasteiger partial charge on any atom is -0.465 e. The minimum absolute atomic E-state index is 0.0748. The molecule has 0 radical (unpaired) electrons. The van der Waals surface area contributed by atoms with Crippen molar-refractivity contribution in [1.82, 2.24) is 0 Å². The fourth-order valence-electron chi connectivity index (χ4n) is 2.90. The van der Waals surface area contributed by atoms with Crippen LogP contribution in [-0.4, -0.2) is 37.5 Å². The van der Waals surface area contributed by atoms with Gasteiger partial charge in [0.25, 0.3) is 11.8 Å². The number of nitrogens with one attached hydrogen (secondary N) is 1. The average Bonchev–Trinajstić information content (AvgIpc) is 3.00. The predicted octanol–water partition coefficient (Wildman–Crippen LogP) is 3.48. The van der Waals surface area contributed by atoms with Crippen LogP contribution in [0.4, 0.5) is 11.4 Å². The van der Waals surface area contributed by atoms with Crippen LogP contribution < -0.4 is 10.2 Å². The molecule has 31 heavy (non-hydrogen) atoms. The summed E-state index contributed by atoms with van der Waals surface area (Å²) in [4.78, 5) is 50.5. The predicted molar refractivity (Wildman–Crippen MR) is 114 cm³/mol. The molecule has 0 aromatic heterocycles. The van der Waals surface area contributed by atoms with Crippen molar-refractivity contribution in [3.05, 3.63) is 70.4 Å². The molecular weight excluding hydrogens is 424 g/mol. The van der Waals surface area contributed by atoms with E-state index in [0.717, 1.165) is 4.90 Å². The summed E-state index contributed by atoms with van der Waals surface area (Å²) < 4.78 is 9.79. The first kappa shape index (κ1) is 22.0. The molecule has 160 valence electrons. The molecule has 9 heteroatoms. The van der Waals surface area contributed by atoms with Gasteiger partial charge in [0.1, 0.15) is 10.7 Å². The molecular formula is C22H19ClN2O6. The van der Waals surface area contributed by atoms with Crippen molar-refractivity contribution >= 4 is 46.7 Å². The summed E-state index contributed by atoms with van der Waals surface area (Å²) in [5.41, 5.74) is 0.761. The molecule has 1 aliphatic heterocycles. The van der Waals surface area contributed by atoms with Crippen molar-refractivity contribution in [2.75, 3.05) is 23.9 Å². The number of hydrogen-bond donors (Lipinski definition) is 1. The molecule has 0 aliphatic carbocycles. The lowest BCUT2D eigenvalue weighted by atomic mass is 10.1. The lowest BCUT2D eigenvalue weighted by molar-refractivity contribution is -0.120. The van der Waals surface area contributed by atoms with Gasteiger partial charge in [0.05, 0.1) is 30.5 Å². The number of ether oxygens (including phenoxy) is 2. The minimum atomic E-state index is -0.768. The Morgan fingerprint density at radius 1 is 1.00 bits per heavy atom. The molecule has 2 aromatic carbocycles. The van der Waals surface area contributed by atoms with Crippen LogP contribution in [0.2, 0.25) is 0 Å². The summed E-state index contributed by atoms with van der Waals surface area (Å²) in [5, 5.41) is 2.48. The van der Waals surface area contributed by atoms with E-state index in [-0.39, 0.29) is 28.6 Å². The number of methoxy groups -OCH3 is 1. The van der Waals surface area contributed by atoms with E-state index < -0.39 is 23.8 Å². The number of carbonyl (C=O) groups is 4. The normalized spacial score (nSPS) is 13.5. The smallest absolute Gasteiger partial charge is 0.340 e. The standard InChI is InChI=1S/C22H19ClN2O6/c1-3-12-31-22(29)15-6-4-5-7-16(15)25-19(26)17(23)18(20(25)27)24-14-10-8-13(9-11-14)21(28)30-2/h4-11,24H,3,12H2,1-2H3. The molecule has 0 spiro atoms. The van der Waals surface area contributed by atoms with Crippen LogP contribution in [0.3, 0.4) is 0 Å². The zero-order valence-electron chi connectivity index (χ0n) is 16.8. The van der Waals surface area contributed by atoms with Crippen molar-refractivity contribution in [2.24, 2.45) is 0 Å². The first-order chi connectivity index (χ1) is 14.9. The zero-order valence-corrected chi connectivity index (χ0v) is 17.6. The number of amides is 2. The maximum Gasteiger partial charge on any atom is 0.340 e. The molecule has 3 rings (SSSR count). The van der Waals surface area contributed by atoms with Crippen molar-refractivity contribution in [3.63, 3.8) is 0 Å². The van der Waals surface area contributed by atoms with Gasteiger partial charge in [-0.25, -0.2) is 14.5 Å². The van der Waals surface area contributed by atoms with Crippen LogP contribution in [0, 0.1) is 0 Å². The Kier molecular flexibility index (Phi) is 6.71. The third-order valence-electron chi connectivity index (χ3n) is 4.40. The van der Waals surface area contributed by atoms with E-state index in [4.69, 9.17) is 16.3 Å². The van der Waals surface area contributed by atoms with E-state index in [1.54, 1.807) is 24.3 Å². The monoisotopic (exact) mass is 442 g/mol. The maximum atomic E-state index is 13.0. The second kappa shape index (κ2) is 9.44. The van der Waals surface area contributed by atoms with E-state index in [9.17, 15) is 19.2 Å². The Morgan fingerprint density at radius 2 is 1.68 bits per heavy atom. The third-order valence-corrected chi connectivity index (χ3v) is 4.76. The van der Waals surface area contributed by atoms with Gasteiger partial charge in [0, 0.05) is 5.69 Å². The highest BCUT2D eigenvalue weighted by Crippen LogP contribution is 2.32. The van der Waals surface area contributed by atoms with Crippen LogP contribution >= 0.6 is 11.6 Å². The van der Waals surface area contributed by atoms with Crippen molar-refractivity contribution in [2.45, 2.75) is 13.3 Å². The Morgan fingerprint density at radius 3 is 2.32 bits per heavy atom. The molecule has 1 N–H and O–H groups in total. The number of imide groups is 1. The highest BCUT2D eigenvalue weighted by atomic mass is 35.5. The number of anilines is 2. The van der Waals surface area contributed by atoms with Crippen LogP contribution in [0.1, 0.15) is 34.1 Å². The van der Waals surface area contributed by atoms with Gasteiger partial charge in [0.15, 0.2) is 0 Å². The van der Waals surface area contributed by atoms with E-state index in [0.29, 0.717) is 17.7 Å². The number of para-hydroxylation sites is 1. The average molecular weight is 443 g/mol. The molecule has 0 saturated heterocycles. The second-order valence-corrected chi connectivity index (χ2v) is 6.86. The van der Waals surface area contributed by atoms with E-state index >= 15 is 0 Å². The van der Waals surface area contributed by atoms with Gasteiger partial charge >= 0.3 is 11.9 Å². The van der Waals surface area contributed by atoms with Gasteiger partial charge in [-0.05, 0) is 42.8 Å². The molecule has 0 unspecified atom stereocenters. The fourth-order valence-corrected chi connectivity index (χ4v) is 3.11. The Labute approximate surface area is 183 Å². The molecule has 0 saturated carbocycles. The van der Waals surface area contributed by atoms with Crippen molar-refractivity contribution in [3.8, 4) is 0 Å². The lowest BCUT2D eigenvalue weighted by Gasteiger charge is -2.18. The van der Waals surface area contributed by atoms with Crippen molar-refractivity contribution in [1.29, 1.82) is 0 Å². The van der Waals surface area contributed by atoms with Gasteiger partial charge in [-0.15, -0.1) is 0 Å². The molecule has 1 heterocycles. The van der Waals surface area contributed by atoms with Gasteiger partial charge < -0.3 is 14.8 Å². The number of hydrogen-bond acceptors (Lipinski definition) is 7. The first-order valence-electron chi connectivity index (χ1n) is 9.39. The van der Waals surface area contributed by atoms with Crippen molar-refractivity contribution < 1.29 is 28.7 Å². The van der Waals surface area contributed by atoms with E-state index in [1.807, 2.05) is 6.92 Å². The number of carbonyl (C=O) groups excluding carboxylic acids is 4. The molecule has 8 nitrogen and oxygen atoms in total. The number of rotatable bonds is 7. The molecule has 2 amide bonds. The summed E-state index contributed by atoms with van der Waals surface area (Å²) >= 11 is 6.15. The number of nitrogens with zero attached hydrogens (tertiary/aromatic N) is 1. The summed E-state index contributed by atoms with van der Waals surface area (Å²) in [6.07, 6.45) is 0.631. The summed E-state index contributed by atoms with van der Waals surface area (Å²) in [7, 11) is 1.27. The lowest BCUT2D eigenvalue weighted by Crippen LogP contribution is -2.33. The topological polar surface area (TPSA) is 102 Å². The van der Waals surface area contributed by atoms with Gasteiger partial charge in [-0.1, -0.05) is 30.7 Å². The van der Waals surface area contributed by atoms with Gasteiger partial charge in [-0.3, -0.25) is 9.59 Å². The SMILES string of the molecule is CCCOC(=O)c1ccccc1N1C(=O)C(Cl)=C(Nc2ccc(C(=O)OC)cc2)C1=O. The quantitative estimate of drug-likeness (QED) is 0.517. The third kappa shape index (κ3) is 4.44. The maximum absolute atomic E-state index is 13.0. The van der Waals surface area contributed by atoms with Crippen LogP contribution in [0.25, 0.3) is 0 Å². The Balaban J connectivity index is 1.87. The molecule has 1 aliphatic rings. The fraction of sp³-hybridized carbons (Fsp3) is 0.182. The highest BCUT2D eigenvalue weighted by molar-refractivity contribution is 6.53. The first-order valence-corrected chi connectivity index (χ1v) is 9.77. The Bertz CT molecular complexity index is 1080. The van der Waals surface area contributed by atoms with Gasteiger partial charge in [-0.2, -0.15) is 0 Å². The zero-order chi connectivity index (χ0) is 22.5. The Hall–Kier alpha value is -3.65. The largest absolute Gasteiger partial charge is 0.465 e. The van der Waals surface area contributed by atoms with Crippen LogP contribution in [-0.2, 0) is 19.1 Å².